The predicted molar refractivity (Wildman–Crippen MR) is 102 cm³/mol. The average molecular weight is 415 g/mol. The zero-order chi connectivity index (χ0) is 21.4. The summed E-state index contributed by atoms with van der Waals surface area (Å²) in [7, 11) is 0. The Morgan fingerprint density at radius 2 is 1.83 bits per heavy atom. The maximum Gasteiger partial charge on any atom is 0.257 e. The van der Waals surface area contributed by atoms with E-state index < -0.39 is 41.1 Å². The number of nitrogens with zero attached hydrogens (tertiary/aromatic N) is 2. The molecule has 2 fully saturated rings. The van der Waals surface area contributed by atoms with Crippen molar-refractivity contribution in [1.29, 1.82) is 0 Å². The van der Waals surface area contributed by atoms with E-state index in [-0.39, 0.29) is 37.7 Å². The van der Waals surface area contributed by atoms with Crippen molar-refractivity contribution in [3.8, 4) is 5.75 Å². The summed E-state index contributed by atoms with van der Waals surface area (Å²) in [4.78, 5) is 40.8. The molecule has 2 aliphatic heterocycles. The molecule has 2 aromatic rings. The molecule has 2 saturated heterocycles. The Morgan fingerprint density at radius 1 is 1.10 bits per heavy atom. The second-order valence-electron chi connectivity index (χ2n) is 7.33. The van der Waals surface area contributed by atoms with E-state index in [1.54, 1.807) is 12.1 Å². The second kappa shape index (κ2) is 7.74. The smallest absolute Gasteiger partial charge is 0.257 e. The number of hydrogen-bond donors (Lipinski definition) is 2. The molecule has 0 saturated carbocycles. The lowest BCUT2D eigenvalue weighted by molar-refractivity contribution is -0.152. The van der Waals surface area contributed by atoms with Gasteiger partial charge in [-0.3, -0.25) is 14.4 Å². The van der Waals surface area contributed by atoms with E-state index in [1.165, 1.54) is 34.1 Å². The Bertz CT molecular complexity index is 1010. The molecule has 3 amide bonds. The van der Waals surface area contributed by atoms with Crippen LogP contribution in [0.5, 0.6) is 5.75 Å². The number of aromatic hydroxyl groups is 1. The standard InChI is InChI=1S/C21H19F2N3O4/c22-15-3-1-2-14(18(15)23)20(29)25-8-9-26-17(11-25)19(28)24-16(21(26)30)10-12-4-6-13(27)7-5-12/h1-7,16-17,27H,8-11H2,(H,24,28)/t16-,17+/m0/s1. The van der Waals surface area contributed by atoms with Crippen LogP contribution >= 0.6 is 0 Å². The normalized spacial score (nSPS) is 21.3. The number of hydrogen-bond acceptors (Lipinski definition) is 4. The van der Waals surface area contributed by atoms with Crippen LogP contribution in [0.2, 0.25) is 0 Å². The molecule has 0 unspecified atom stereocenters. The van der Waals surface area contributed by atoms with Gasteiger partial charge in [0.25, 0.3) is 5.91 Å². The lowest BCUT2D eigenvalue weighted by atomic mass is 9.98. The van der Waals surface area contributed by atoms with Gasteiger partial charge >= 0.3 is 0 Å². The van der Waals surface area contributed by atoms with Gasteiger partial charge in [0, 0.05) is 19.5 Å². The molecule has 2 aromatic carbocycles. The summed E-state index contributed by atoms with van der Waals surface area (Å²) in [6.45, 7) is 0.125. The van der Waals surface area contributed by atoms with E-state index in [1.807, 2.05) is 0 Å². The van der Waals surface area contributed by atoms with Gasteiger partial charge in [-0.1, -0.05) is 18.2 Å². The van der Waals surface area contributed by atoms with Crippen molar-refractivity contribution in [1.82, 2.24) is 15.1 Å². The minimum Gasteiger partial charge on any atom is -0.508 e. The monoisotopic (exact) mass is 415 g/mol. The molecule has 0 spiro atoms. The summed E-state index contributed by atoms with van der Waals surface area (Å²) in [5.74, 6) is -3.65. The molecule has 2 aliphatic rings. The first-order chi connectivity index (χ1) is 14.3. The minimum atomic E-state index is -1.23. The Balaban J connectivity index is 1.47. The van der Waals surface area contributed by atoms with Crippen LogP contribution in [0.25, 0.3) is 0 Å². The van der Waals surface area contributed by atoms with Crippen molar-refractivity contribution in [2.45, 2.75) is 18.5 Å². The van der Waals surface area contributed by atoms with Gasteiger partial charge < -0.3 is 20.2 Å². The molecule has 0 aromatic heterocycles. The van der Waals surface area contributed by atoms with Crippen LogP contribution in [-0.2, 0) is 16.0 Å². The second-order valence-corrected chi connectivity index (χ2v) is 7.33. The van der Waals surface area contributed by atoms with Crippen molar-refractivity contribution in [2.75, 3.05) is 19.6 Å². The molecule has 30 heavy (non-hydrogen) atoms. The number of carbonyl (C=O) groups excluding carboxylic acids is 3. The molecule has 2 heterocycles. The van der Waals surface area contributed by atoms with Crippen molar-refractivity contribution in [3.05, 3.63) is 65.2 Å². The molecular formula is C21H19F2N3O4. The minimum absolute atomic E-state index is 0.0989. The van der Waals surface area contributed by atoms with Gasteiger partial charge in [-0.2, -0.15) is 0 Å². The zero-order valence-corrected chi connectivity index (χ0v) is 15.8. The molecule has 4 rings (SSSR count). The van der Waals surface area contributed by atoms with Crippen molar-refractivity contribution in [2.24, 2.45) is 0 Å². The highest BCUT2D eigenvalue weighted by molar-refractivity contribution is 5.99. The van der Waals surface area contributed by atoms with Crippen molar-refractivity contribution >= 4 is 17.7 Å². The SMILES string of the molecule is O=C1N[C@@H](Cc2ccc(O)cc2)C(=O)N2CCN(C(=O)c3cccc(F)c3F)C[C@H]12. The Labute approximate surface area is 170 Å². The molecule has 156 valence electrons. The predicted octanol–water partition coefficient (Wildman–Crippen LogP) is 1.06. The van der Waals surface area contributed by atoms with Crippen LogP contribution < -0.4 is 5.32 Å². The van der Waals surface area contributed by atoms with Gasteiger partial charge in [-0.05, 0) is 29.8 Å². The zero-order valence-electron chi connectivity index (χ0n) is 15.8. The number of nitrogens with one attached hydrogen (secondary N) is 1. The number of phenols is 1. The molecule has 0 aliphatic carbocycles. The Kier molecular flexibility index (Phi) is 5.11. The fraction of sp³-hybridized carbons (Fsp3) is 0.286. The van der Waals surface area contributed by atoms with Gasteiger partial charge in [-0.25, -0.2) is 8.78 Å². The molecule has 7 nitrogen and oxygen atoms in total. The van der Waals surface area contributed by atoms with E-state index in [2.05, 4.69) is 5.32 Å². The number of carbonyl (C=O) groups is 3. The average Bonchev–Trinajstić information content (AvgIpc) is 2.74. The summed E-state index contributed by atoms with van der Waals surface area (Å²) in [5.41, 5.74) is 0.372. The van der Waals surface area contributed by atoms with Crippen LogP contribution in [0, 0.1) is 11.6 Å². The van der Waals surface area contributed by atoms with E-state index in [0.29, 0.717) is 0 Å². The summed E-state index contributed by atoms with van der Waals surface area (Å²) in [6.07, 6.45) is 0.269. The lowest BCUT2D eigenvalue weighted by Gasteiger charge is -2.45. The summed E-state index contributed by atoms with van der Waals surface area (Å²) in [6, 6.07) is 8.07. The van der Waals surface area contributed by atoms with E-state index in [9.17, 15) is 28.3 Å². The highest BCUT2D eigenvalue weighted by Gasteiger charge is 2.44. The summed E-state index contributed by atoms with van der Waals surface area (Å²) in [5, 5.41) is 12.1. The van der Waals surface area contributed by atoms with Crippen molar-refractivity contribution in [3.63, 3.8) is 0 Å². The van der Waals surface area contributed by atoms with Gasteiger partial charge in [-0.15, -0.1) is 0 Å². The third kappa shape index (κ3) is 3.58. The first-order valence-corrected chi connectivity index (χ1v) is 9.47. The molecule has 9 heteroatoms. The van der Waals surface area contributed by atoms with Gasteiger partial charge in [0.05, 0.1) is 12.1 Å². The van der Waals surface area contributed by atoms with Crippen LogP contribution in [0.15, 0.2) is 42.5 Å². The van der Waals surface area contributed by atoms with Crippen LogP contribution in [0.1, 0.15) is 15.9 Å². The Morgan fingerprint density at radius 3 is 2.57 bits per heavy atom. The van der Waals surface area contributed by atoms with E-state index in [0.717, 1.165) is 11.6 Å². The summed E-state index contributed by atoms with van der Waals surface area (Å²) >= 11 is 0. The van der Waals surface area contributed by atoms with Crippen LogP contribution in [0.3, 0.4) is 0 Å². The fourth-order valence-electron chi connectivity index (χ4n) is 3.83. The quantitative estimate of drug-likeness (QED) is 0.785. The van der Waals surface area contributed by atoms with Crippen LogP contribution in [0.4, 0.5) is 8.78 Å². The number of phenolic OH excluding ortho intramolecular Hbond substituents is 1. The third-order valence-electron chi connectivity index (χ3n) is 5.43. The molecule has 2 N–H and O–H groups in total. The molecule has 0 radical (unpaired) electrons. The van der Waals surface area contributed by atoms with Gasteiger partial charge in [0.1, 0.15) is 17.8 Å². The first-order valence-electron chi connectivity index (χ1n) is 9.47. The highest BCUT2D eigenvalue weighted by atomic mass is 19.2. The molecular weight excluding hydrogens is 396 g/mol. The topological polar surface area (TPSA) is 89.9 Å². The van der Waals surface area contributed by atoms with Gasteiger partial charge in [0.2, 0.25) is 11.8 Å². The number of fused-ring (bicyclic) bond motifs is 1. The lowest BCUT2D eigenvalue weighted by Crippen LogP contribution is -2.70. The molecule has 2 atom stereocenters. The maximum atomic E-state index is 14.0. The van der Waals surface area contributed by atoms with Crippen molar-refractivity contribution < 1.29 is 28.3 Å². The molecule has 0 bridgehead atoms. The van der Waals surface area contributed by atoms with E-state index in [4.69, 9.17) is 0 Å². The third-order valence-corrected chi connectivity index (χ3v) is 5.43. The first kappa shape index (κ1) is 19.8. The number of halogens is 2. The maximum absolute atomic E-state index is 14.0. The number of benzene rings is 2. The Hall–Kier alpha value is -3.49. The number of rotatable bonds is 3. The number of piperazine rings is 2. The van der Waals surface area contributed by atoms with Gasteiger partial charge in [0.15, 0.2) is 11.6 Å². The van der Waals surface area contributed by atoms with E-state index >= 15 is 0 Å². The number of amides is 3. The largest absolute Gasteiger partial charge is 0.508 e. The summed E-state index contributed by atoms with van der Waals surface area (Å²) < 4.78 is 27.4. The highest BCUT2D eigenvalue weighted by Crippen LogP contribution is 2.22. The van der Waals surface area contributed by atoms with Crippen LogP contribution in [-0.4, -0.2) is 64.3 Å². The fourth-order valence-corrected chi connectivity index (χ4v) is 3.83.